The number of methoxy groups -OCH3 is 2. The zero-order chi connectivity index (χ0) is 20.6. The molecule has 4 heteroatoms. The largest absolute Gasteiger partial charge is 0.508 e. The number of aryl methyl sites for hydroxylation is 1. The Morgan fingerprint density at radius 3 is 2.28 bits per heavy atom. The summed E-state index contributed by atoms with van der Waals surface area (Å²) in [4.78, 5) is 4.80. The van der Waals surface area contributed by atoms with Crippen molar-refractivity contribution >= 4 is 5.76 Å². The Balaban J connectivity index is 1.98. The summed E-state index contributed by atoms with van der Waals surface area (Å²) < 4.78 is 10.4. The molecule has 0 bridgehead atoms. The molecule has 1 heterocycles. The Kier molecular flexibility index (Phi) is 7.04. The minimum Gasteiger partial charge on any atom is -0.508 e. The van der Waals surface area contributed by atoms with Gasteiger partial charge in [-0.2, -0.15) is 0 Å². The van der Waals surface area contributed by atoms with Gasteiger partial charge in [0.25, 0.3) is 0 Å². The van der Waals surface area contributed by atoms with Crippen LogP contribution in [0.15, 0.2) is 67.4 Å². The van der Waals surface area contributed by atoms with Crippen LogP contribution in [0, 0.1) is 0 Å². The summed E-state index contributed by atoms with van der Waals surface area (Å²) in [6, 6.07) is 17.9. The Bertz CT molecular complexity index is 947. The molecule has 0 unspecified atom stereocenters. The fraction of sp³-hybridized carbons (Fsp3) is 0.240. The van der Waals surface area contributed by atoms with E-state index in [0.29, 0.717) is 5.56 Å². The van der Waals surface area contributed by atoms with E-state index in [0.717, 1.165) is 54.0 Å². The van der Waals surface area contributed by atoms with Crippen molar-refractivity contribution < 1.29 is 14.6 Å². The molecule has 0 aliphatic heterocycles. The van der Waals surface area contributed by atoms with E-state index in [1.807, 2.05) is 54.7 Å². The average molecular weight is 389 g/mol. The van der Waals surface area contributed by atoms with Crippen molar-refractivity contribution in [1.29, 1.82) is 0 Å². The van der Waals surface area contributed by atoms with Crippen LogP contribution in [-0.4, -0.2) is 30.9 Å². The number of pyridine rings is 1. The van der Waals surface area contributed by atoms with Crippen LogP contribution < -0.4 is 4.74 Å². The molecule has 0 aliphatic carbocycles. The summed E-state index contributed by atoms with van der Waals surface area (Å²) in [5, 5.41) is 9.62. The first kappa shape index (κ1) is 20.6. The Hall–Kier alpha value is -3.11. The van der Waals surface area contributed by atoms with Gasteiger partial charge in [-0.25, -0.2) is 0 Å². The third-order valence-corrected chi connectivity index (χ3v) is 4.90. The average Bonchev–Trinajstić information content (AvgIpc) is 2.77. The van der Waals surface area contributed by atoms with Crippen LogP contribution in [-0.2, 0) is 11.2 Å². The number of rotatable bonds is 9. The number of unbranched alkanes of at least 4 members (excludes halogenated alkanes) is 1. The van der Waals surface area contributed by atoms with Crippen molar-refractivity contribution in [3.8, 4) is 28.1 Å². The molecule has 3 rings (SSSR count). The SMILES string of the molecule is C=C(O)c1ccc(-c2cc(CCCCOC)cnc2-c2ccc(OC)cc2)cc1. The minimum atomic E-state index is 0.0666. The predicted molar refractivity (Wildman–Crippen MR) is 118 cm³/mol. The van der Waals surface area contributed by atoms with E-state index < -0.39 is 0 Å². The lowest BCUT2D eigenvalue weighted by atomic mass is 9.96. The van der Waals surface area contributed by atoms with E-state index >= 15 is 0 Å². The second kappa shape index (κ2) is 9.89. The molecule has 0 spiro atoms. The summed E-state index contributed by atoms with van der Waals surface area (Å²) in [5.74, 6) is 0.882. The van der Waals surface area contributed by atoms with Crippen molar-refractivity contribution in [2.45, 2.75) is 19.3 Å². The van der Waals surface area contributed by atoms with Gasteiger partial charge in [-0.05, 0) is 60.7 Å². The van der Waals surface area contributed by atoms with Crippen LogP contribution in [0.25, 0.3) is 28.1 Å². The van der Waals surface area contributed by atoms with Gasteiger partial charge in [0.15, 0.2) is 0 Å². The molecule has 0 fully saturated rings. The molecule has 0 amide bonds. The normalized spacial score (nSPS) is 10.7. The van der Waals surface area contributed by atoms with E-state index in [-0.39, 0.29) is 5.76 Å². The molecule has 2 aromatic carbocycles. The van der Waals surface area contributed by atoms with Gasteiger partial charge >= 0.3 is 0 Å². The fourth-order valence-electron chi connectivity index (χ4n) is 3.26. The highest BCUT2D eigenvalue weighted by Crippen LogP contribution is 2.33. The van der Waals surface area contributed by atoms with E-state index in [1.54, 1.807) is 14.2 Å². The van der Waals surface area contributed by atoms with Crippen LogP contribution in [0.5, 0.6) is 5.75 Å². The van der Waals surface area contributed by atoms with Crippen LogP contribution in [0.4, 0.5) is 0 Å². The van der Waals surface area contributed by atoms with Gasteiger partial charge in [0.2, 0.25) is 0 Å². The highest BCUT2D eigenvalue weighted by Gasteiger charge is 2.11. The summed E-state index contributed by atoms with van der Waals surface area (Å²) in [5.41, 5.74) is 5.97. The molecule has 0 atom stereocenters. The molecule has 150 valence electrons. The third-order valence-electron chi connectivity index (χ3n) is 4.90. The lowest BCUT2D eigenvalue weighted by Gasteiger charge is -2.13. The minimum absolute atomic E-state index is 0.0666. The first-order chi connectivity index (χ1) is 14.1. The standard InChI is InChI=1S/C25H27NO3/c1-18(27)20-7-9-21(10-8-20)24-16-19(6-4-5-15-28-2)17-26-25(24)22-11-13-23(29-3)14-12-22/h7-14,16-17,27H,1,4-6,15H2,2-3H3. The Labute approximate surface area is 172 Å². The van der Waals surface area contributed by atoms with Crippen molar-refractivity contribution in [2.24, 2.45) is 0 Å². The maximum absolute atomic E-state index is 9.62. The lowest BCUT2D eigenvalue weighted by molar-refractivity contribution is 0.193. The Morgan fingerprint density at radius 2 is 1.66 bits per heavy atom. The second-order valence-corrected chi connectivity index (χ2v) is 6.94. The molecular formula is C25H27NO3. The van der Waals surface area contributed by atoms with Crippen molar-refractivity contribution in [3.63, 3.8) is 0 Å². The summed E-state index contributed by atoms with van der Waals surface area (Å²) >= 11 is 0. The van der Waals surface area contributed by atoms with Crippen molar-refractivity contribution in [2.75, 3.05) is 20.8 Å². The van der Waals surface area contributed by atoms with Gasteiger partial charge < -0.3 is 14.6 Å². The van der Waals surface area contributed by atoms with Gasteiger partial charge in [-0.3, -0.25) is 4.98 Å². The first-order valence-electron chi connectivity index (χ1n) is 9.73. The molecule has 1 aromatic heterocycles. The number of aliphatic hydroxyl groups is 1. The second-order valence-electron chi connectivity index (χ2n) is 6.94. The van der Waals surface area contributed by atoms with Gasteiger partial charge in [0.05, 0.1) is 12.8 Å². The quantitative estimate of drug-likeness (QED) is 0.364. The maximum atomic E-state index is 9.62. The highest BCUT2D eigenvalue weighted by atomic mass is 16.5. The predicted octanol–water partition coefficient (Wildman–Crippen LogP) is 5.92. The number of benzene rings is 2. The summed E-state index contributed by atoms with van der Waals surface area (Å²) in [7, 11) is 3.39. The summed E-state index contributed by atoms with van der Waals surface area (Å²) in [6.07, 6.45) is 5.00. The van der Waals surface area contributed by atoms with E-state index in [4.69, 9.17) is 14.5 Å². The monoisotopic (exact) mass is 389 g/mol. The zero-order valence-corrected chi connectivity index (χ0v) is 17.0. The fourth-order valence-corrected chi connectivity index (χ4v) is 3.26. The molecule has 0 aliphatic rings. The molecule has 0 radical (unpaired) electrons. The van der Waals surface area contributed by atoms with Crippen LogP contribution >= 0.6 is 0 Å². The Morgan fingerprint density at radius 1 is 0.966 bits per heavy atom. The molecule has 29 heavy (non-hydrogen) atoms. The molecule has 1 N–H and O–H groups in total. The third kappa shape index (κ3) is 5.24. The lowest BCUT2D eigenvalue weighted by Crippen LogP contribution is -1.96. The number of hydrogen-bond donors (Lipinski definition) is 1. The van der Waals surface area contributed by atoms with Crippen molar-refractivity contribution in [3.05, 3.63) is 78.5 Å². The number of nitrogens with zero attached hydrogens (tertiary/aromatic N) is 1. The van der Waals surface area contributed by atoms with Gasteiger partial charge in [0, 0.05) is 36.6 Å². The van der Waals surface area contributed by atoms with Gasteiger partial charge in [-0.1, -0.05) is 30.8 Å². The molecule has 0 saturated carbocycles. The molecule has 0 saturated heterocycles. The maximum Gasteiger partial charge on any atom is 0.118 e. The van der Waals surface area contributed by atoms with E-state index in [1.165, 1.54) is 5.56 Å². The number of aliphatic hydroxyl groups excluding tert-OH is 1. The smallest absolute Gasteiger partial charge is 0.118 e. The molecular weight excluding hydrogens is 362 g/mol. The number of ether oxygens (including phenoxy) is 2. The van der Waals surface area contributed by atoms with E-state index in [2.05, 4.69) is 12.6 Å². The topological polar surface area (TPSA) is 51.6 Å². The number of hydrogen-bond acceptors (Lipinski definition) is 4. The van der Waals surface area contributed by atoms with Crippen LogP contribution in [0.2, 0.25) is 0 Å². The van der Waals surface area contributed by atoms with Gasteiger partial charge in [-0.15, -0.1) is 0 Å². The van der Waals surface area contributed by atoms with Crippen LogP contribution in [0.3, 0.4) is 0 Å². The molecule has 3 aromatic rings. The van der Waals surface area contributed by atoms with Crippen molar-refractivity contribution in [1.82, 2.24) is 4.98 Å². The summed E-state index contributed by atoms with van der Waals surface area (Å²) in [6.45, 7) is 4.37. The van der Waals surface area contributed by atoms with E-state index in [9.17, 15) is 5.11 Å². The van der Waals surface area contributed by atoms with Crippen LogP contribution in [0.1, 0.15) is 24.0 Å². The highest BCUT2D eigenvalue weighted by molar-refractivity contribution is 5.81. The molecule has 4 nitrogen and oxygen atoms in total. The zero-order valence-electron chi connectivity index (χ0n) is 17.0. The number of aromatic nitrogens is 1. The first-order valence-corrected chi connectivity index (χ1v) is 9.73. The van der Waals surface area contributed by atoms with Gasteiger partial charge in [0.1, 0.15) is 11.5 Å².